The van der Waals surface area contributed by atoms with E-state index in [0.717, 1.165) is 36.3 Å². The number of hydrogen-bond donors (Lipinski definition) is 0. The van der Waals surface area contributed by atoms with Gasteiger partial charge in [-0.3, -0.25) is 0 Å². The molecular formula is C27H39F3. The fourth-order valence-electron chi connectivity index (χ4n) is 5.75. The first-order valence-corrected chi connectivity index (χ1v) is 12.3. The van der Waals surface area contributed by atoms with E-state index in [-0.39, 0.29) is 0 Å². The van der Waals surface area contributed by atoms with E-state index in [1.165, 1.54) is 77.0 Å². The van der Waals surface area contributed by atoms with Gasteiger partial charge in [-0.25, -0.2) is 13.2 Å². The van der Waals surface area contributed by atoms with Crippen LogP contribution in [-0.4, -0.2) is 0 Å². The summed E-state index contributed by atoms with van der Waals surface area (Å²) in [7, 11) is 0. The van der Waals surface area contributed by atoms with Crippen molar-refractivity contribution < 1.29 is 13.2 Å². The summed E-state index contributed by atoms with van der Waals surface area (Å²) in [6.45, 7) is 2.23. The lowest BCUT2D eigenvalue weighted by molar-refractivity contribution is 0.141. The Morgan fingerprint density at radius 1 is 0.733 bits per heavy atom. The van der Waals surface area contributed by atoms with Crippen LogP contribution in [0.4, 0.5) is 13.2 Å². The van der Waals surface area contributed by atoms with Gasteiger partial charge in [0.25, 0.3) is 0 Å². The summed E-state index contributed by atoms with van der Waals surface area (Å²) < 4.78 is 39.9. The van der Waals surface area contributed by atoms with E-state index < -0.39 is 17.5 Å². The molecule has 2 aliphatic rings. The van der Waals surface area contributed by atoms with Crippen LogP contribution in [-0.2, 0) is 6.42 Å². The molecular weight excluding hydrogens is 381 g/mol. The summed E-state index contributed by atoms with van der Waals surface area (Å²) in [6.07, 6.45) is 22.1. The van der Waals surface area contributed by atoms with Crippen molar-refractivity contribution in [3.8, 4) is 0 Å². The average molecular weight is 421 g/mol. The average Bonchev–Trinajstić information content (AvgIpc) is 2.76. The van der Waals surface area contributed by atoms with Gasteiger partial charge in [0, 0.05) is 0 Å². The Bertz CT molecular complexity index is 642. The molecule has 0 saturated heterocycles. The lowest BCUT2D eigenvalue weighted by Gasteiger charge is -2.38. The minimum atomic E-state index is -1.36. The molecule has 0 N–H and O–H groups in total. The zero-order valence-corrected chi connectivity index (χ0v) is 18.7. The van der Waals surface area contributed by atoms with E-state index in [1.54, 1.807) is 0 Å². The largest absolute Gasteiger partial charge is 0.204 e. The molecule has 2 saturated carbocycles. The van der Waals surface area contributed by atoms with Crippen LogP contribution in [0.15, 0.2) is 24.3 Å². The Labute approximate surface area is 181 Å². The number of aryl methyl sites for hydroxylation is 1. The van der Waals surface area contributed by atoms with Crippen molar-refractivity contribution in [2.75, 3.05) is 0 Å². The standard InChI is InChI=1S/C27H39F3/c1-2-3-4-5-6-7-20-10-14-23(15-11-20)24-16-12-21(13-17-24)8-9-22-18-25(28)27(30)26(29)19-22/h4-5,18-21,23-24H,2-3,6-17H2,1H3/b5-4+. The monoisotopic (exact) mass is 420 g/mol. The fraction of sp³-hybridized carbons (Fsp3) is 0.704. The molecule has 0 nitrogen and oxygen atoms in total. The van der Waals surface area contributed by atoms with Crippen molar-refractivity contribution in [3.63, 3.8) is 0 Å². The first kappa shape index (κ1) is 23.4. The molecule has 2 fully saturated rings. The summed E-state index contributed by atoms with van der Waals surface area (Å²) >= 11 is 0. The van der Waals surface area contributed by atoms with Gasteiger partial charge in [0.15, 0.2) is 17.5 Å². The Morgan fingerprint density at radius 2 is 1.23 bits per heavy atom. The lowest BCUT2D eigenvalue weighted by atomic mass is 9.68. The maximum atomic E-state index is 13.4. The Kier molecular flexibility index (Phi) is 9.33. The predicted octanol–water partition coefficient (Wildman–Crippen LogP) is 8.79. The van der Waals surface area contributed by atoms with Crippen molar-refractivity contribution >= 4 is 0 Å². The Balaban J connectivity index is 1.33. The summed E-state index contributed by atoms with van der Waals surface area (Å²) in [5.74, 6) is -0.126. The van der Waals surface area contributed by atoms with Crippen LogP contribution in [0.25, 0.3) is 0 Å². The third kappa shape index (κ3) is 6.89. The van der Waals surface area contributed by atoms with Gasteiger partial charge in [-0.05, 0) is 99.2 Å². The van der Waals surface area contributed by atoms with Crippen LogP contribution in [0.3, 0.4) is 0 Å². The fourth-order valence-corrected chi connectivity index (χ4v) is 5.75. The first-order chi connectivity index (χ1) is 14.6. The van der Waals surface area contributed by atoms with Gasteiger partial charge in [0.05, 0.1) is 0 Å². The van der Waals surface area contributed by atoms with Crippen LogP contribution in [0.2, 0.25) is 0 Å². The van der Waals surface area contributed by atoms with Gasteiger partial charge in [0.1, 0.15) is 0 Å². The smallest absolute Gasteiger partial charge is 0.194 e. The molecule has 0 aliphatic heterocycles. The maximum Gasteiger partial charge on any atom is 0.194 e. The molecule has 0 unspecified atom stereocenters. The number of hydrogen-bond acceptors (Lipinski definition) is 0. The van der Waals surface area contributed by atoms with Crippen molar-refractivity contribution in [2.45, 2.75) is 96.8 Å². The highest BCUT2D eigenvalue weighted by Gasteiger charge is 2.30. The molecule has 0 amide bonds. The van der Waals surface area contributed by atoms with Gasteiger partial charge in [-0.2, -0.15) is 0 Å². The molecule has 30 heavy (non-hydrogen) atoms. The molecule has 3 rings (SSSR count). The molecule has 0 atom stereocenters. The quantitative estimate of drug-likeness (QED) is 0.276. The normalized spacial score (nSPS) is 27.6. The molecule has 1 aromatic carbocycles. The summed E-state index contributed by atoms with van der Waals surface area (Å²) in [5, 5.41) is 0. The van der Waals surface area contributed by atoms with Crippen molar-refractivity contribution in [2.24, 2.45) is 23.7 Å². The van der Waals surface area contributed by atoms with E-state index in [1.807, 2.05) is 0 Å². The Morgan fingerprint density at radius 3 is 1.77 bits per heavy atom. The lowest BCUT2D eigenvalue weighted by Crippen LogP contribution is -2.26. The number of rotatable bonds is 9. The zero-order valence-electron chi connectivity index (χ0n) is 18.7. The molecule has 0 radical (unpaired) electrons. The van der Waals surface area contributed by atoms with Gasteiger partial charge in [0.2, 0.25) is 0 Å². The molecule has 0 spiro atoms. The molecule has 0 bridgehead atoms. The van der Waals surface area contributed by atoms with Gasteiger partial charge in [-0.15, -0.1) is 0 Å². The van der Waals surface area contributed by atoms with Crippen LogP contribution < -0.4 is 0 Å². The number of unbranched alkanes of at least 4 members (excludes halogenated alkanes) is 1. The van der Waals surface area contributed by atoms with Crippen molar-refractivity contribution in [1.29, 1.82) is 0 Å². The topological polar surface area (TPSA) is 0 Å². The highest BCUT2D eigenvalue weighted by atomic mass is 19.2. The van der Waals surface area contributed by atoms with Gasteiger partial charge in [-0.1, -0.05) is 51.2 Å². The highest BCUT2D eigenvalue weighted by molar-refractivity contribution is 5.19. The third-order valence-electron chi connectivity index (χ3n) is 7.70. The molecule has 168 valence electrons. The van der Waals surface area contributed by atoms with Gasteiger partial charge >= 0.3 is 0 Å². The van der Waals surface area contributed by atoms with E-state index >= 15 is 0 Å². The molecule has 0 heterocycles. The summed E-state index contributed by atoms with van der Waals surface area (Å²) in [6, 6.07) is 2.31. The number of allylic oxidation sites excluding steroid dienone is 2. The van der Waals surface area contributed by atoms with Crippen LogP contribution in [0.1, 0.15) is 96.0 Å². The SMILES string of the molecule is CCC/C=C/CCC1CCC(C2CCC(CCc3cc(F)c(F)c(F)c3)CC2)CC1. The predicted molar refractivity (Wildman–Crippen MR) is 119 cm³/mol. The van der Waals surface area contributed by atoms with E-state index in [9.17, 15) is 13.2 Å². The summed E-state index contributed by atoms with van der Waals surface area (Å²) in [5.41, 5.74) is 0.580. The van der Waals surface area contributed by atoms with E-state index in [2.05, 4.69) is 19.1 Å². The molecule has 0 aromatic heterocycles. The minimum absolute atomic E-state index is 0.580. The Hall–Kier alpha value is -1.25. The third-order valence-corrected chi connectivity index (χ3v) is 7.70. The second kappa shape index (κ2) is 12.0. The van der Waals surface area contributed by atoms with Crippen molar-refractivity contribution in [1.82, 2.24) is 0 Å². The molecule has 3 heteroatoms. The maximum absolute atomic E-state index is 13.4. The summed E-state index contributed by atoms with van der Waals surface area (Å²) in [4.78, 5) is 0. The van der Waals surface area contributed by atoms with Crippen LogP contribution >= 0.6 is 0 Å². The highest BCUT2D eigenvalue weighted by Crippen LogP contribution is 2.43. The molecule has 2 aliphatic carbocycles. The van der Waals surface area contributed by atoms with E-state index in [0.29, 0.717) is 17.9 Å². The first-order valence-electron chi connectivity index (χ1n) is 12.3. The van der Waals surface area contributed by atoms with E-state index in [4.69, 9.17) is 0 Å². The van der Waals surface area contributed by atoms with Gasteiger partial charge < -0.3 is 0 Å². The number of benzene rings is 1. The second-order valence-corrected chi connectivity index (χ2v) is 9.81. The second-order valence-electron chi connectivity index (χ2n) is 9.81. The van der Waals surface area contributed by atoms with Crippen LogP contribution in [0, 0.1) is 41.1 Å². The number of halogens is 3. The molecule has 1 aromatic rings. The van der Waals surface area contributed by atoms with Crippen LogP contribution in [0.5, 0.6) is 0 Å². The minimum Gasteiger partial charge on any atom is -0.204 e. The zero-order chi connectivity index (χ0) is 21.3. The van der Waals surface area contributed by atoms with Crippen molar-refractivity contribution in [3.05, 3.63) is 47.3 Å².